The number of carbonyl (C=O) groups is 1. The first-order chi connectivity index (χ1) is 21.5. The second kappa shape index (κ2) is 13.1. The van der Waals surface area contributed by atoms with Crippen LogP contribution in [0, 0.1) is 11.3 Å². The summed E-state index contributed by atoms with van der Waals surface area (Å²) >= 11 is 6.65. The molecule has 0 saturated carbocycles. The first kappa shape index (κ1) is 29.7. The molecule has 2 aliphatic heterocycles. The maximum absolute atomic E-state index is 12.8. The van der Waals surface area contributed by atoms with Crippen molar-refractivity contribution < 1.29 is 13.9 Å². The van der Waals surface area contributed by atoms with Crippen LogP contribution in [0.2, 0.25) is 5.02 Å². The Hall–Kier alpha value is -4.33. The fourth-order valence-electron chi connectivity index (χ4n) is 6.17. The predicted octanol–water partition coefficient (Wildman–Crippen LogP) is 5.43. The van der Waals surface area contributed by atoms with Gasteiger partial charge in [0.2, 0.25) is 5.91 Å². The molecule has 1 amide bonds. The van der Waals surface area contributed by atoms with Crippen LogP contribution >= 0.6 is 11.6 Å². The molecule has 1 unspecified atom stereocenters. The van der Waals surface area contributed by atoms with Crippen LogP contribution in [0.25, 0.3) is 32.9 Å². The molecule has 0 bridgehead atoms. The Bertz CT molecular complexity index is 1750. The lowest BCUT2D eigenvalue weighted by Gasteiger charge is -2.40. The highest BCUT2D eigenvalue weighted by Gasteiger charge is 2.32. The van der Waals surface area contributed by atoms with Gasteiger partial charge in [-0.3, -0.25) is 9.78 Å². The van der Waals surface area contributed by atoms with Crippen LogP contribution in [0.1, 0.15) is 19.3 Å². The summed E-state index contributed by atoms with van der Waals surface area (Å²) in [7, 11) is 2.10. The molecule has 226 valence electrons. The van der Waals surface area contributed by atoms with E-state index in [0.717, 1.165) is 41.3 Å². The molecule has 0 N–H and O–H groups in total. The normalized spacial score (nSPS) is 19.2. The van der Waals surface area contributed by atoms with Gasteiger partial charge in [-0.1, -0.05) is 41.9 Å². The number of alkyl halides is 1. The largest absolute Gasteiger partial charge is 0.462 e. The molecule has 11 heteroatoms. The number of rotatable bonds is 8. The van der Waals surface area contributed by atoms with Gasteiger partial charge in [-0.15, -0.1) is 0 Å². The minimum absolute atomic E-state index is 0.130. The second-order valence-corrected chi connectivity index (χ2v) is 11.6. The van der Waals surface area contributed by atoms with Gasteiger partial charge in [0.25, 0.3) is 0 Å². The highest BCUT2D eigenvalue weighted by molar-refractivity contribution is 6.36. The number of nitriles is 1. The molecule has 2 fully saturated rings. The number of hydrogen-bond acceptors (Lipinski definition) is 8. The van der Waals surface area contributed by atoms with E-state index < -0.39 is 12.7 Å². The highest BCUT2D eigenvalue weighted by atomic mass is 35.5. The Kier molecular flexibility index (Phi) is 8.87. The number of allylic oxidation sites excluding steroid dienone is 1. The topological polar surface area (TPSA) is 98.5 Å². The van der Waals surface area contributed by atoms with E-state index in [2.05, 4.69) is 18.0 Å². The molecule has 2 saturated heterocycles. The Balaban J connectivity index is 1.40. The minimum Gasteiger partial charge on any atom is -0.462 e. The molecule has 2 aromatic heterocycles. The van der Waals surface area contributed by atoms with Gasteiger partial charge in [0.15, 0.2) is 5.82 Å². The van der Waals surface area contributed by atoms with Gasteiger partial charge >= 0.3 is 6.01 Å². The van der Waals surface area contributed by atoms with Gasteiger partial charge in [0.1, 0.15) is 18.8 Å². The molecular formula is C33H33ClFN7O2. The summed E-state index contributed by atoms with van der Waals surface area (Å²) in [6, 6.07) is 16.2. The number of pyridine rings is 1. The predicted molar refractivity (Wildman–Crippen MR) is 169 cm³/mol. The number of anilines is 1. The summed E-state index contributed by atoms with van der Waals surface area (Å²) in [4.78, 5) is 33.2. The lowest BCUT2D eigenvalue weighted by Crippen LogP contribution is -2.55. The number of amides is 1. The third kappa shape index (κ3) is 6.03. The Morgan fingerprint density at radius 2 is 2.02 bits per heavy atom. The van der Waals surface area contributed by atoms with E-state index in [4.69, 9.17) is 31.3 Å². The van der Waals surface area contributed by atoms with Crippen molar-refractivity contribution in [3.8, 4) is 23.2 Å². The van der Waals surface area contributed by atoms with Crippen LogP contribution in [0.5, 0.6) is 6.01 Å². The Morgan fingerprint density at radius 1 is 1.18 bits per heavy atom. The lowest BCUT2D eigenvalue weighted by atomic mass is 9.99. The number of aromatic nitrogens is 3. The quantitative estimate of drug-likeness (QED) is 0.243. The Labute approximate surface area is 260 Å². The SMILES string of the molecule is CN1CCCC1COc1nc(N2CCN(C(=O)/C=C/CF)[C@@H](CC#N)C2)c2ncc(-c3cccc4cccc(Cl)c34)cc2n1. The number of fused-ring (bicyclic) bond motifs is 2. The monoisotopic (exact) mass is 613 g/mol. The molecule has 4 heterocycles. The number of carbonyl (C=O) groups excluding carboxylic acids is 1. The molecule has 9 nitrogen and oxygen atoms in total. The van der Waals surface area contributed by atoms with Crippen molar-refractivity contribution in [2.45, 2.75) is 31.3 Å². The van der Waals surface area contributed by atoms with Gasteiger partial charge in [0, 0.05) is 53.9 Å². The van der Waals surface area contributed by atoms with Gasteiger partial charge < -0.3 is 19.4 Å². The van der Waals surface area contributed by atoms with Crippen molar-refractivity contribution in [3.63, 3.8) is 0 Å². The summed E-state index contributed by atoms with van der Waals surface area (Å²) in [6.45, 7) is 1.94. The molecule has 44 heavy (non-hydrogen) atoms. The summed E-state index contributed by atoms with van der Waals surface area (Å²) in [5.41, 5.74) is 3.02. The molecule has 2 atom stereocenters. The highest BCUT2D eigenvalue weighted by Crippen LogP contribution is 2.36. The average Bonchev–Trinajstić information content (AvgIpc) is 3.46. The average molecular weight is 614 g/mol. The zero-order chi connectivity index (χ0) is 30.6. The number of hydrogen-bond donors (Lipinski definition) is 0. The maximum atomic E-state index is 12.8. The fraction of sp³-hybridized carbons (Fsp3) is 0.364. The number of benzene rings is 2. The number of ether oxygens (including phenoxy) is 1. The van der Waals surface area contributed by atoms with E-state index in [1.807, 2.05) is 47.4 Å². The van der Waals surface area contributed by atoms with Crippen molar-refractivity contribution in [2.24, 2.45) is 0 Å². The molecule has 0 aliphatic carbocycles. The number of nitrogens with zero attached hydrogens (tertiary/aromatic N) is 7. The van der Waals surface area contributed by atoms with Crippen molar-refractivity contribution >= 4 is 45.1 Å². The summed E-state index contributed by atoms with van der Waals surface area (Å²) in [5.74, 6) is 0.276. The molecule has 2 aromatic carbocycles. The zero-order valence-electron chi connectivity index (χ0n) is 24.5. The molecule has 6 rings (SSSR count). The fourth-order valence-corrected chi connectivity index (χ4v) is 6.45. The first-order valence-electron chi connectivity index (χ1n) is 14.8. The standard InChI is InChI=1S/C33H33ClFN7O2/c1-40-15-5-8-25(40)21-44-33-38-28-18-23(26-9-2-6-22-7-3-10-27(34)30(22)26)19-37-31(28)32(39-33)41-16-17-42(24(20-41)12-14-36)29(43)11-4-13-35/h2-4,6-7,9-11,18-19,24-25H,5,8,12-13,15-17,20-21H2,1H3/b11-4+/t24-,25?/m0/s1. The van der Waals surface area contributed by atoms with E-state index in [1.165, 1.54) is 12.2 Å². The van der Waals surface area contributed by atoms with E-state index in [0.29, 0.717) is 48.1 Å². The third-order valence-electron chi connectivity index (χ3n) is 8.48. The molecule has 0 radical (unpaired) electrons. The van der Waals surface area contributed by atoms with Crippen molar-refractivity contribution in [3.05, 3.63) is 65.8 Å². The minimum atomic E-state index is -0.723. The van der Waals surface area contributed by atoms with Crippen LogP contribution in [0.4, 0.5) is 10.2 Å². The van der Waals surface area contributed by atoms with Gasteiger partial charge in [-0.25, -0.2) is 4.39 Å². The molecule has 4 aromatic rings. The maximum Gasteiger partial charge on any atom is 0.319 e. The van der Waals surface area contributed by atoms with Crippen LogP contribution < -0.4 is 9.64 Å². The smallest absolute Gasteiger partial charge is 0.319 e. The van der Waals surface area contributed by atoms with Gasteiger partial charge in [-0.2, -0.15) is 15.2 Å². The summed E-state index contributed by atoms with van der Waals surface area (Å²) in [6.07, 6.45) is 6.52. The number of likely N-dealkylation sites (N-methyl/N-ethyl adjacent to an activating group) is 1. The van der Waals surface area contributed by atoms with E-state index in [-0.39, 0.29) is 24.4 Å². The van der Waals surface area contributed by atoms with Crippen LogP contribution in [-0.2, 0) is 4.79 Å². The van der Waals surface area contributed by atoms with Gasteiger partial charge in [0.05, 0.1) is 24.0 Å². The summed E-state index contributed by atoms with van der Waals surface area (Å²) in [5, 5.41) is 12.2. The van der Waals surface area contributed by atoms with Crippen molar-refractivity contribution in [1.29, 1.82) is 5.26 Å². The number of piperazine rings is 1. The number of halogens is 2. The zero-order valence-corrected chi connectivity index (χ0v) is 25.3. The van der Waals surface area contributed by atoms with Crippen LogP contribution in [0.15, 0.2) is 60.8 Å². The van der Waals surface area contributed by atoms with E-state index in [1.54, 1.807) is 11.1 Å². The third-order valence-corrected chi connectivity index (χ3v) is 8.79. The van der Waals surface area contributed by atoms with E-state index >= 15 is 0 Å². The Morgan fingerprint density at radius 3 is 2.80 bits per heavy atom. The van der Waals surface area contributed by atoms with Gasteiger partial charge in [-0.05, 0) is 55.6 Å². The number of likely N-dealkylation sites (tertiary alicyclic amines) is 1. The van der Waals surface area contributed by atoms with Crippen molar-refractivity contribution in [2.75, 3.05) is 51.4 Å². The second-order valence-electron chi connectivity index (χ2n) is 11.2. The molecular weight excluding hydrogens is 581 g/mol. The molecule has 2 aliphatic rings. The van der Waals surface area contributed by atoms with Crippen LogP contribution in [-0.4, -0.2) is 89.3 Å². The lowest BCUT2D eigenvalue weighted by molar-refractivity contribution is -0.128. The van der Waals surface area contributed by atoms with Crippen LogP contribution in [0.3, 0.4) is 0 Å². The summed E-state index contributed by atoms with van der Waals surface area (Å²) < 4.78 is 18.9. The molecule has 0 spiro atoms. The van der Waals surface area contributed by atoms with E-state index in [9.17, 15) is 14.4 Å². The first-order valence-corrected chi connectivity index (χ1v) is 15.2. The van der Waals surface area contributed by atoms with Crippen molar-refractivity contribution in [1.82, 2.24) is 24.8 Å².